The van der Waals surface area contributed by atoms with Gasteiger partial charge in [0, 0.05) is 22.9 Å². The highest BCUT2D eigenvalue weighted by molar-refractivity contribution is 7.90. The lowest BCUT2D eigenvalue weighted by atomic mass is 10.1. The first kappa shape index (κ1) is 12.6. The predicted molar refractivity (Wildman–Crippen MR) is 68.4 cm³/mol. The normalized spacial score (nSPS) is 11.8. The van der Waals surface area contributed by atoms with Gasteiger partial charge in [0.05, 0.1) is 11.3 Å². The van der Waals surface area contributed by atoms with Gasteiger partial charge in [0.15, 0.2) is 9.84 Å². The van der Waals surface area contributed by atoms with Crippen molar-refractivity contribution in [2.75, 3.05) is 5.75 Å². The second-order valence-electron chi connectivity index (χ2n) is 4.06. The molecular weight excluding hydrogens is 254 g/mol. The summed E-state index contributed by atoms with van der Waals surface area (Å²) in [5.74, 6) is -1.03. The molecule has 0 aliphatic carbocycles. The van der Waals surface area contributed by atoms with Crippen LogP contribution in [0.2, 0.25) is 0 Å². The molecule has 2 N–H and O–H groups in total. The van der Waals surface area contributed by atoms with Crippen molar-refractivity contribution >= 4 is 26.7 Å². The molecule has 2 aromatic rings. The summed E-state index contributed by atoms with van der Waals surface area (Å²) >= 11 is 0. The number of carboxylic acids is 1. The van der Waals surface area contributed by atoms with Gasteiger partial charge in [-0.2, -0.15) is 0 Å². The number of hydrogen-bond donors (Lipinski definition) is 2. The van der Waals surface area contributed by atoms with E-state index in [2.05, 4.69) is 4.98 Å². The monoisotopic (exact) mass is 267 g/mol. The SMILES string of the molecule is CCS(=O)(=O)Cc1c[nH]c2ccc(C(=O)O)cc12. The fourth-order valence-electron chi connectivity index (χ4n) is 1.77. The highest BCUT2D eigenvalue weighted by Gasteiger charge is 2.14. The average Bonchev–Trinajstić information content (AvgIpc) is 2.71. The molecule has 0 atom stereocenters. The summed E-state index contributed by atoms with van der Waals surface area (Å²) in [5, 5.41) is 9.57. The maximum atomic E-state index is 11.6. The van der Waals surface area contributed by atoms with Crippen LogP contribution in [0.3, 0.4) is 0 Å². The molecule has 96 valence electrons. The fourth-order valence-corrected chi connectivity index (χ4v) is 2.69. The number of sulfone groups is 1. The fraction of sp³-hybridized carbons (Fsp3) is 0.250. The Labute approximate surface area is 104 Å². The third-order valence-electron chi connectivity index (χ3n) is 2.83. The van der Waals surface area contributed by atoms with Crippen LogP contribution in [0.5, 0.6) is 0 Å². The van der Waals surface area contributed by atoms with Gasteiger partial charge < -0.3 is 10.1 Å². The molecule has 0 radical (unpaired) electrons. The number of rotatable bonds is 4. The van der Waals surface area contributed by atoms with Crippen molar-refractivity contribution in [2.24, 2.45) is 0 Å². The second-order valence-corrected chi connectivity index (χ2v) is 6.41. The van der Waals surface area contributed by atoms with E-state index in [9.17, 15) is 13.2 Å². The van der Waals surface area contributed by atoms with Crippen LogP contribution in [0.15, 0.2) is 24.4 Å². The lowest BCUT2D eigenvalue weighted by Gasteiger charge is -2.01. The predicted octanol–water partition coefficient (Wildman–Crippen LogP) is 1.80. The summed E-state index contributed by atoms with van der Waals surface area (Å²) in [6.45, 7) is 1.59. The van der Waals surface area contributed by atoms with Crippen LogP contribution in [0.1, 0.15) is 22.8 Å². The van der Waals surface area contributed by atoms with Gasteiger partial charge in [0.2, 0.25) is 0 Å². The number of aromatic nitrogens is 1. The Morgan fingerprint density at radius 1 is 1.39 bits per heavy atom. The number of fused-ring (bicyclic) bond motifs is 1. The first-order valence-corrected chi connectivity index (χ1v) is 7.29. The molecule has 1 heterocycles. The second kappa shape index (κ2) is 4.45. The van der Waals surface area contributed by atoms with Gasteiger partial charge in [-0.15, -0.1) is 0 Å². The number of hydrogen-bond acceptors (Lipinski definition) is 3. The van der Waals surface area contributed by atoms with E-state index in [1.165, 1.54) is 12.1 Å². The highest BCUT2D eigenvalue weighted by atomic mass is 32.2. The maximum Gasteiger partial charge on any atom is 0.335 e. The summed E-state index contributed by atoms with van der Waals surface area (Å²) in [6.07, 6.45) is 1.61. The first-order valence-electron chi connectivity index (χ1n) is 5.46. The number of nitrogens with one attached hydrogen (secondary N) is 1. The van der Waals surface area contributed by atoms with Gasteiger partial charge in [0.1, 0.15) is 0 Å². The first-order chi connectivity index (χ1) is 8.43. The van der Waals surface area contributed by atoms with Gasteiger partial charge in [-0.05, 0) is 23.8 Å². The summed E-state index contributed by atoms with van der Waals surface area (Å²) in [6, 6.07) is 4.62. The van der Waals surface area contributed by atoms with Gasteiger partial charge in [-0.25, -0.2) is 13.2 Å². The maximum absolute atomic E-state index is 11.6. The lowest BCUT2D eigenvalue weighted by molar-refractivity contribution is 0.0697. The van der Waals surface area contributed by atoms with Crippen molar-refractivity contribution in [2.45, 2.75) is 12.7 Å². The number of H-pyrrole nitrogens is 1. The smallest absolute Gasteiger partial charge is 0.335 e. The highest BCUT2D eigenvalue weighted by Crippen LogP contribution is 2.22. The summed E-state index contributed by atoms with van der Waals surface area (Å²) in [7, 11) is -3.13. The molecule has 1 aromatic carbocycles. The Hall–Kier alpha value is -1.82. The molecule has 0 unspecified atom stereocenters. The van der Waals surface area contributed by atoms with Crippen molar-refractivity contribution in [3.05, 3.63) is 35.5 Å². The van der Waals surface area contributed by atoms with Crippen LogP contribution < -0.4 is 0 Å². The number of carbonyl (C=O) groups is 1. The van der Waals surface area contributed by atoms with E-state index in [1.54, 1.807) is 19.2 Å². The third kappa shape index (κ3) is 2.38. The van der Waals surface area contributed by atoms with Crippen molar-refractivity contribution in [3.63, 3.8) is 0 Å². The zero-order chi connectivity index (χ0) is 13.3. The summed E-state index contributed by atoms with van der Waals surface area (Å²) in [4.78, 5) is 13.8. The van der Waals surface area contributed by atoms with Gasteiger partial charge in [-0.3, -0.25) is 0 Å². The van der Waals surface area contributed by atoms with Crippen LogP contribution in [0.4, 0.5) is 0 Å². The quantitative estimate of drug-likeness (QED) is 0.884. The molecule has 0 bridgehead atoms. The standard InChI is InChI=1S/C12H13NO4S/c1-2-18(16,17)7-9-6-13-11-4-3-8(12(14)15)5-10(9)11/h3-6,13H,2,7H2,1H3,(H,14,15). The van der Waals surface area contributed by atoms with Gasteiger partial charge in [0.25, 0.3) is 0 Å². The third-order valence-corrected chi connectivity index (χ3v) is 4.46. The average molecular weight is 267 g/mol. The molecule has 2 rings (SSSR count). The Bertz CT molecular complexity index is 700. The van der Waals surface area contributed by atoms with E-state index in [0.717, 1.165) is 5.52 Å². The Kier molecular flexibility index (Phi) is 3.13. The number of carboxylic acid groups (broad SMARTS) is 1. The molecule has 0 amide bonds. The molecule has 0 fully saturated rings. The molecule has 1 aromatic heterocycles. The van der Waals surface area contributed by atoms with E-state index < -0.39 is 15.8 Å². The van der Waals surface area contributed by atoms with Crippen LogP contribution >= 0.6 is 0 Å². The minimum absolute atomic E-state index is 0.0678. The molecule has 0 aliphatic rings. The van der Waals surface area contributed by atoms with Crippen molar-refractivity contribution < 1.29 is 18.3 Å². The molecule has 6 heteroatoms. The van der Waals surface area contributed by atoms with Crippen LogP contribution in [0, 0.1) is 0 Å². The zero-order valence-electron chi connectivity index (χ0n) is 9.80. The largest absolute Gasteiger partial charge is 0.478 e. The minimum Gasteiger partial charge on any atom is -0.478 e. The zero-order valence-corrected chi connectivity index (χ0v) is 10.6. The lowest BCUT2D eigenvalue weighted by Crippen LogP contribution is -2.06. The number of aromatic amines is 1. The summed E-state index contributed by atoms with van der Waals surface area (Å²) in [5.41, 5.74) is 1.49. The van der Waals surface area contributed by atoms with E-state index in [-0.39, 0.29) is 17.1 Å². The van der Waals surface area contributed by atoms with Gasteiger partial charge >= 0.3 is 5.97 Å². The topological polar surface area (TPSA) is 87.2 Å². The van der Waals surface area contributed by atoms with Crippen molar-refractivity contribution in [1.29, 1.82) is 0 Å². The molecule has 0 saturated heterocycles. The molecule has 0 aliphatic heterocycles. The van der Waals surface area contributed by atoms with E-state index in [1.807, 2.05) is 0 Å². The molecule has 0 spiro atoms. The van der Waals surface area contributed by atoms with Crippen molar-refractivity contribution in [3.8, 4) is 0 Å². The Balaban J connectivity index is 2.52. The Morgan fingerprint density at radius 3 is 2.72 bits per heavy atom. The number of benzene rings is 1. The van der Waals surface area contributed by atoms with E-state index >= 15 is 0 Å². The molecule has 5 nitrogen and oxygen atoms in total. The van der Waals surface area contributed by atoms with E-state index in [0.29, 0.717) is 10.9 Å². The van der Waals surface area contributed by atoms with Gasteiger partial charge in [-0.1, -0.05) is 6.92 Å². The molecule has 0 saturated carbocycles. The van der Waals surface area contributed by atoms with Crippen LogP contribution in [-0.4, -0.2) is 30.2 Å². The van der Waals surface area contributed by atoms with Crippen molar-refractivity contribution in [1.82, 2.24) is 4.98 Å². The van der Waals surface area contributed by atoms with Crippen LogP contribution in [0.25, 0.3) is 10.9 Å². The molecular formula is C12H13NO4S. The summed E-state index contributed by atoms with van der Waals surface area (Å²) < 4.78 is 23.2. The number of aromatic carboxylic acids is 1. The minimum atomic E-state index is -3.13. The molecule has 18 heavy (non-hydrogen) atoms. The Morgan fingerprint density at radius 2 is 2.11 bits per heavy atom. The van der Waals surface area contributed by atoms with E-state index in [4.69, 9.17) is 5.11 Å². The van der Waals surface area contributed by atoms with Crippen LogP contribution in [-0.2, 0) is 15.6 Å².